The van der Waals surface area contributed by atoms with Crippen molar-refractivity contribution in [2.75, 3.05) is 6.61 Å². The van der Waals surface area contributed by atoms with Crippen molar-refractivity contribution in [3.8, 4) is 0 Å². The maximum atomic E-state index is 12.8. The zero-order chi connectivity index (χ0) is 15.1. The second-order valence-electron chi connectivity index (χ2n) is 5.74. The highest BCUT2D eigenvalue weighted by Crippen LogP contribution is 2.38. The Balaban J connectivity index is 2.21. The molecular weight excluding hydrogens is 290 g/mol. The van der Waals surface area contributed by atoms with E-state index >= 15 is 0 Å². The predicted octanol–water partition coefficient (Wildman–Crippen LogP) is 2.01. The van der Waals surface area contributed by atoms with Crippen LogP contribution in [-0.2, 0) is 0 Å². The van der Waals surface area contributed by atoms with E-state index in [4.69, 9.17) is 22.4 Å². The molecule has 0 aliphatic heterocycles. The number of nitrogens with zero attached hydrogens (tertiary/aromatic N) is 2. The zero-order valence-corrected chi connectivity index (χ0v) is 12.5. The Hall–Kier alpha value is -1.43. The quantitative estimate of drug-likeness (QED) is 0.909. The number of hydrogen-bond acceptors (Lipinski definition) is 4. The summed E-state index contributed by atoms with van der Waals surface area (Å²) in [5, 5.41) is 10.0. The standard InChI is InChI=1S/C15H18ClN3O2/c1-8(17)14-18-12-4-2-3-11(16)13(12)15(21)19(14)10-5-9(6-10)7-20/h2-4,8-10,20H,5-7,17H2,1H3. The summed E-state index contributed by atoms with van der Waals surface area (Å²) in [6.07, 6.45) is 1.54. The molecule has 21 heavy (non-hydrogen) atoms. The first kappa shape index (κ1) is 14.5. The van der Waals surface area contributed by atoms with Crippen LogP contribution in [0, 0.1) is 5.92 Å². The van der Waals surface area contributed by atoms with Gasteiger partial charge in [0.05, 0.1) is 22.0 Å². The predicted molar refractivity (Wildman–Crippen MR) is 82.5 cm³/mol. The summed E-state index contributed by atoms with van der Waals surface area (Å²) in [6, 6.07) is 4.95. The fourth-order valence-corrected chi connectivity index (χ4v) is 3.20. The first-order valence-corrected chi connectivity index (χ1v) is 7.47. The molecule has 6 heteroatoms. The van der Waals surface area contributed by atoms with E-state index in [1.807, 2.05) is 6.92 Å². The number of aliphatic hydroxyl groups excluding tert-OH is 1. The third-order valence-electron chi connectivity index (χ3n) is 4.15. The van der Waals surface area contributed by atoms with Crippen LogP contribution in [0.15, 0.2) is 23.0 Å². The summed E-state index contributed by atoms with van der Waals surface area (Å²) in [7, 11) is 0. The Morgan fingerprint density at radius 1 is 1.52 bits per heavy atom. The number of aliphatic hydroxyl groups is 1. The summed E-state index contributed by atoms with van der Waals surface area (Å²) in [5.74, 6) is 0.834. The average Bonchev–Trinajstić information content (AvgIpc) is 2.39. The van der Waals surface area contributed by atoms with Crippen molar-refractivity contribution in [2.24, 2.45) is 11.7 Å². The number of hydrogen-bond donors (Lipinski definition) is 2. The summed E-state index contributed by atoms with van der Waals surface area (Å²) in [4.78, 5) is 17.4. The van der Waals surface area contributed by atoms with Crippen LogP contribution in [0.25, 0.3) is 10.9 Å². The number of nitrogens with two attached hydrogens (primary N) is 1. The average molecular weight is 308 g/mol. The SMILES string of the molecule is CC(N)c1nc2cccc(Cl)c2c(=O)n1C1CC(CO)C1. The van der Waals surface area contributed by atoms with Gasteiger partial charge in [0.15, 0.2) is 0 Å². The minimum Gasteiger partial charge on any atom is -0.396 e. The molecule has 0 saturated heterocycles. The molecule has 1 atom stereocenters. The molecule has 1 saturated carbocycles. The van der Waals surface area contributed by atoms with E-state index in [2.05, 4.69) is 4.98 Å². The highest BCUT2D eigenvalue weighted by Gasteiger charge is 2.33. The molecule has 1 unspecified atom stereocenters. The number of fused-ring (bicyclic) bond motifs is 1. The molecule has 3 N–H and O–H groups in total. The van der Waals surface area contributed by atoms with Crippen LogP contribution < -0.4 is 11.3 Å². The first-order chi connectivity index (χ1) is 10.0. The fraction of sp³-hybridized carbons (Fsp3) is 0.467. The molecule has 1 aromatic heterocycles. The molecule has 1 heterocycles. The van der Waals surface area contributed by atoms with E-state index in [1.165, 1.54) is 0 Å². The van der Waals surface area contributed by atoms with Gasteiger partial charge in [0, 0.05) is 12.6 Å². The molecule has 0 spiro atoms. The highest BCUT2D eigenvalue weighted by molar-refractivity contribution is 6.35. The summed E-state index contributed by atoms with van der Waals surface area (Å²) in [6.45, 7) is 1.97. The van der Waals surface area contributed by atoms with E-state index in [0.29, 0.717) is 21.7 Å². The van der Waals surface area contributed by atoms with Gasteiger partial charge in [-0.25, -0.2) is 4.98 Å². The van der Waals surface area contributed by atoms with Crippen LogP contribution >= 0.6 is 11.6 Å². The number of aromatic nitrogens is 2. The van der Waals surface area contributed by atoms with Gasteiger partial charge in [-0.15, -0.1) is 0 Å². The Morgan fingerprint density at radius 3 is 2.86 bits per heavy atom. The van der Waals surface area contributed by atoms with Crippen LogP contribution in [0.5, 0.6) is 0 Å². The zero-order valence-electron chi connectivity index (χ0n) is 11.8. The van der Waals surface area contributed by atoms with Crippen LogP contribution in [-0.4, -0.2) is 21.3 Å². The molecule has 5 nitrogen and oxygen atoms in total. The van der Waals surface area contributed by atoms with E-state index in [-0.39, 0.29) is 30.2 Å². The Labute approximate surface area is 127 Å². The van der Waals surface area contributed by atoms with Crippen molar-refractivity contribution in [1.82, 2.24) is 9.55 Å². The van der Waals surface area contributed by atoms with Crippen molar-refractivity contribution in [3.05, 3.63) is 39.4 Å². The van der Waals surface area contributed by atoms with Crippen molar-refractivity contribution >= 4 is 22.5 Å². The van der Waals surface area contributed by atoms with Gasteiger partial charge in [-0.05, 0) is 37.8 Å². The molecular formula is C15H18ClN3O2. The molecule has 1 aliphatic carbocycles. The van der Waals surface area contributed by atoms with Crippen LogP contribution in [0.3, 0.4) is 0 Å². The molecule has 0 radical (unpaired) electrons. The Kier molecular flexibility index (Phi) is 3.73. The lowest BCUT2D eigenvalue weighted by Crippen LogP contribution is -2.39. The largest absolute Gasteiger partial charge is 0.396 e. The van der Waals surface area contributed by atoms with Gasteiger partial charge >= 0.3 is 0 Å². The molecule has 1 aliphatic rings. The summed E-state index contributed by atoms with van der Waals surface area (Å²) >= 11 is 6.16. The monoisotopic (exact) mass is 307 g/mol. The lowest BCUT2D eigenvalue weighted by atomic mass is 9.80. The minimum absolute atomic E-state index is 0.0452. The van der Waals surface area contributed by atoms with E-state index in [0.717, 1.165) is 12.8 Å². The van der Waals surface area contributed by atoms with Gasteiger partial charge in [0.2, 0.25) is 0 Å². The molecule has 1 aromatic carbocycles. The van der Waals surface area contributed by atoms with Gasteiger partial charge in [0.25, 0.3) is 5.56 Å². The maximum absolute atomic E-state index is 12.8. The van der Waals surface area contributed by atoms with Crippen molar-refractivity contribution in [2.45, 2.75) is 31.8 Å². The van der Waals surface area contributed by atoms with Crippen LogP contribution in [0.2, 0.25) is 5.02 Å². The lowest BCUT2D eigenvalue weighted by molar-refractivity contribution is 0.108. The van der Waals surface area contributed by atoms with Crippen LogP contribution in [0.1, 0.15) is 37.7 Å². The van der Waals surface area contributed by atoms with Crippen molar-refractivity contribution in [3.63, 3.8) is 0 Å². The normalized spacial score (nSPS) is 23.0. The lowest BCUT2D eigenvalue weighted by Gasteiger charge is -2.37. The molecule has 1 fully saturated rings. The number of rotatable bonds is 3. The Morgan fingerprint density at radius 2 is 2.24 bits per heavy atom. The maximum Gasteiger partial charge on any atom is 0.263 e. The third-order valence-corrected chi connectivity index (χ3v) is 4.46. The highest BCUT2D eigenvalue weighted by atomic mass is 35.5. The summed E-state index contributed by atoms with van der Waals surface area (Å²) in [5.41, 5.74) is 6.43. The van der Waals surface area contributed by atoms with E-state index in [9.17, 15) is 4.79 Å². The molecule has 0 bridgehead atoms. The van der Waals surface area contributed by atoms with E-state index in [1.54, 1.807) is 22.8 Å². The molecule has 3 rings (SSSR count). The first-order valence-electron chi connectivity index (χ1n) is 7.10. The van der Waals surface area contributed by atoms with Crippen molar-refractivity contribution < 1.29 is 5.11 Å². The Bertz CT molecular complexity index is 736. The van der Waals surface area contributed by atoms with Crippen LogP contribution in [0.4, 0.5) is 0 Å². The molecule has 112 valence electrons. The second-order valence-corrected chi connectivity index (χ2v) is 6.15. The third kappa shape index (κ3) is 2.35. The summed E-state index contributed by atoms with van der Waals surface area (Å²) < 4.78 is 1.67. The smallest absolute Gasteiger partial charge is 0.263 e. The second kappa shape index (κ2) is 5.40. The molecule has 0 amide bonds. The van der Waals surface area contributed by atoms with Gasteiger partial charge < -0.3 is 10.8 Å². The van der Waals surface area contributed by atoms with Gasteiger partial charge in [-0.2, -0.15) is 0 Å². The topological polar surface area (TPSA) is 81.1 Å². The van der Waals surface area contributed by atoms with E-state index < -0.39 is 0 Å². The van der Waals surface area contributed by atoms with Gasteiger partial charge in [-0.3, -0.25) is 9.36 Å². The molecule has 2 aromatic rings. The minimum atomic E-state index is -0.339. The fourth-order valence-electron chi connectivity index (χ4n) is 2.95. The van der Waals surface area contributed by atoms with Gasteiger partial charge in [0.1, 0.15) is 5.82 Å². The van der Waals surface area contributed by atoms with Crippen molar-refractivity contribution in [1.29, 1.82) is 0 Å². The van der Waals surface area contributed by atoms with Gasteiger partial charge in [-0.1, -0.05) is 17.7 Å². The number of benzene rings is 1. The number of halogens is 1.